The molecule has 2 aromatic rings. The first-order valence-electron chi connectivity index (χ1n) is 10.6. The van der Waals surface area contributed by atoms with Crippen LogP contribution in [-0.2, 0) is 0 Å². The second kappa shape index (κ2) is 7.30. The highest BCUT2D eigenvalue weighted by atomic mass is 19.1. The van der Waals surface area contributed by atoms with E-state index in [-0.39, 0.29) is 16.5 Å². The van der Waals surface area contributed by atoms with Gasteiger partial charge in [0.05, 0.1) is 11.6 Å². The summed E-state index contributed by atoms with van der Waals surface area (Å²) in [5.74, 6) is -1.01. The number of aromatic carboxylic acids is 1. The van der Waals surface area contributed by atoms with Crippen LogP contribution < -0.4 is 10.7 Å². The minimum absolute atomic E-state index is 0.111. The van der Waals surface area contributed by atoms with Crippen LogP contribution in [0.5, 0.6) is 0 Å². The maximum absolute atomic E-state index is 13.9. The van der Waals surface area contributed by atoms with Crippen LogP contribution >= 0.6 is 0 Å². The van der Waals surface area contributed by atoms with Crippen molar-refractivity contribution in [3.63, 3.8) is 0 Å². The van der Waals surface area contributed by atoms with Crippen LogP contribution in [-0.4, -0.2) is 39.6 Å². The Morgan fingerprint density at radius 3 is 2.60 bits per heavy atom. The number of hydrogen-bond donors (Lipinski definition) is 3. The predicted octanol–water partition coefficient (Wildman–Crippen LogP) is 3.83. The lowest BCUT2D eigenvalue weighted by Gasteiger charge is -2.25. The molecule has 3 atom stereocenters. The molecule has 0 amide bonds. The number of rotatable bonds is 8. The van der Waals surface area contributed by atoms with E-state index < -0.39 is 23.6 Å². The van der Waals surface area contributed by atoms with E-state index in [1.165, 1.54) is 6.20 Å². The number of nitrogens with zero attached hydrogens (tertiary/aromatic N) is 1. The van der Waals surface area contributed by atoms with Gasteiger partial charge in [-0.15, -0.1) is 0 Å². The zero-order valence-electron chi connectivity index (χ0n) is 17.6. The van der Waals surface area contributed by atoms with Gasteiger partial charge in [0.25, 0.3) is 0 Å². The van der Waals surface area contributed by atoms with Crippen molar-refractivity contribution in [2.24, 2.45) is 5.92 Å². The summed E-state index contributed by atoms with van der Waals surface area (Å²) in [6.45, 7) is 6.98. The van der Waals surface area contributed by atoms with Gasteiger partial charge >= 0.3 is 5.97 Å². The Kier molecular flexibility index (Phi) is 5.04. The van der Waals surface area contributed by atoms with Gasteiger partial charge in [-0.3, -0.25) is 4.79 Å². The van der Waals surface area contributed by atoms with Gasteiger partial charge in [-0.25, -0.2) is 9.18 Å². The lowest BCUT2D eigenvalue weighted by Crippen LogP contribution is -2.38. The van der Waals surface area contributed by atoms with E-state index >= 15 is 0 Å². The van der Waals surface area contributed by atoms with Crippen LogP contribution in [0, 0.1) is 18.3 Å². The predicted molar refractivity (Wildman–Crippen MR) is 115 cm³/mol. The normalized spacial score (nSPS) is 22.7. The van der Waals surface area contributed by atoms with Crippen molar-refractivity contribution in [2.45, 2.75) is 64.2 Å². The van der Waals surface area contributed by atoms with Crippen LogP contribution in [0.2, 0.25) is 0 Å². The van der Waals surface area contributed by atoms with E-state index in [1.54, 1.807) is 16.7 Å². The van der Waals surface area contributed by atoms with Crippen molar-refractivity contribution < 1.29 is 14.3 Å². The van der Waals surface area contributed by atoms with Crippen molar-refractivity contribution in [1.29, 1.82) is 5.41 Å². The number of carboxylic acids is 1. The lowest BCUT2D eigenvalue weighted by atomic mass is 9.88. The fourth-order valence-corrected chi connectivity index (χ4v) is 4.75. The molecule has 2 aliphatic rings. The van der Waals surface area contributed by atoms with E-state index in [9.17, 15) is 19.1 Å². The highest BCUT2D eigenvalue weighted by molar-refractivity contribution is 6.04. The molecule has 7 heteroatoms. The van der Waals surface area contributed by atoms with Crippen LogP contribution in [0.15, 0.2) is 23.1 Å². The number of nitrogens with one attached hydrogen (secondary N) is 2. The summed E-state index contributed by atoms with van der Waals surface area (Å²) in [6, 6.07) is 2.86. The molecule has 30 heavy (non-hydrogen) atoms. The minimum Gasteiger partial charge on any atom is -0.477 e. The van der Waals surface area contributed by atoms with Gasteiger partial charge in [0.1, 0.15) is 11.7 Å². The second-order valence-corrected chi connectivity index (χ2v) is 8.81. The zero-order chi connectivity index (χ0) is 21.8. The summed E-state index contributed by atoms with van der Waals surface area (Å²) in [5, 5.41) is 22.0. The smallest absolute Gasteiger partial charge is 0.341 e. The molecule has 2 fully saturated rings. The summed E-state index contributed by atoms with van der Waals surface area (Å²) in [6.07, 6.45) is 3.36. The van der Waals surface area contributed by atoms with Gasteiger partial charge in [-0.1, -0.05) is 19.9 Å². The summed E-state index contributed by atoms with van der Waals surface area (Å²) in [4.78, 5) is 24.2. The minimum atomic E-state index is -1.31. The summed E-state index contributed by atoms with van der Waals surface area (Å²) in [7, 11) is 0. The fourth-order valence-electron chi connectivity index (χ4n) is 4.75. The van der Waals surface area contributed by atoms with E-state index in [4.69, 9.17) is 5.41 Å². The molecular formula is C23H28FN3O3. The maximum Gasteiger partial charge on any atom is 0.341 e. The van der Waals surface area contributed by atoms with Gasteiger partial charge in [-0.2, -0.15) is 0 Å². The Bertz CT molecular complexity index is 1100. The lowest BCUT2D eigenvalue weighted by molar-refractivity contribution is 0.0694. The topological polar surface area (TPSA) is 95.2 Å². The molecule has 0 saturated heterocycles. The standard InChI is InChI=1S/C23H28FN3O3/c1-4-26-23(7-8-23)12(2)9-18(25)14-5-6-15-20(13(14)3)27(19-10-17(19)24)11-16(21(15)28)22(29)30/h5-6,11-12,17,19,25-26H,4,7-10H2,1-3H3,(H,29,30)/t12-,17-,19+/m1/s1. The fraction of sp³-hybridized carbons (Fsp3) is 0.522. The van der Waals surface area contributed by atoms with Crippen molar-refractivity contribution in [1.82, 2.24) is 9.88 Å². The monoisotopic (exact) mass is 413 g/mol. The number of hydrogen-bond acceptors (Lipinski definition) is 4. The first kappa shape index (κ1) is 20.7. The molecule has 3 N–H and O–H groups in total. The molecule has 2 aliphatic carbocycles. The number of alkyl halides is 1. The third-order valence-electron chi connectivity index (χ3n) is 6.81. The first-order chi connectivity index (χ1) is 14.2. The molecule has 0 aliphatic heterocycles. The molecule has 0 bridgehead atoms. The van der Waals surface area contributed by atoms with Crippen molar-refractivity contribution in [3.8, 4) is 0 Å². The zero-order valence-corrected chi connectivity index (χ0v) is 17.6. The third-order valence-corrected chi connectivity index (χ3v) is 6.81. The third kappa shape index (κ3) is 3.35. The molecule has 1 aromatic carbocycles. The van der Waals surface area contributed by atoms with Crippen molar-refractivity contribution >= 4 is 22.6 Å². The van der Waals surface area contributed by atoms with Crippen LogP contribution in [0.3, 0.4) is 0 Å². The van der Waals surface area contributed by atoms with E-state index in [2.05, 4.69) is 19.2 Å². The van der Waals surface area contributed by atoms with Gasteiger partial charge in [0.2, 0.25) is 5.43 Å². The van der Waals surface area contributed by atoms with E-state index in [1.807, 2.05) is 6.92 Å². The summed E-state index contributed by atoms with van der Waals surface area (Å²) >= 11 is 0. The average molecular weight is 413 g/mol. The Morgan fingerprint density at radius 1 is 1.40 bits per heavy atom. The maximum atomic E-state index is 13.9. The Labute approximate surface area is 174 Å². The van der Waals surface area contributed by atoms with Crippen molar-refractivity contribution in [2.75, 3.05) is 6.54 Å². The molecule has 4 rings (SSSR count). The summed E-state index contributed by atoms with van der Waals surface area (Å²) in [5.41, 5.74) is 1.68. The molecular weight excluding hydrogens is 385 g/mol. The molecule has 160 valence electrons. The molecule has 2 saturated carbocycles. The Hall–Kier alpha value is -2.54. The number of aromatic nitrogens is 1. The van der Waals surface area contributed by atoms with Crippen LogP contribution in [0.1, 0.15) is 67.1 Å². The van der Waals surface area contributed by atoms with E-state index in [0.717, 1.165) is 30.5 Å². The van der Waals surface area contributed by atoms with Gasteiger partial charge < -0.3 is 20.4 Å². The molecule has 0 spiro atoms. The highest BCUT2D eigenvalue weighted by Gasteiger charge is 2.46. The number of pyridine rings is 1. The molecule has 0 radical (unpaired) electrons. The Morgan fingerprint density at radius 2 is 2.07 bits per heavy atom. The number of halogens is 1. The van der Waals surface area contributed by atoms with Crippen LogP contribution in [0.25, 0.3) is 10.9 Å². The van der Waals surface area contributed by atoms with Gasteiger partial charge in [-0.05, 0) is 50.3 Å². The number of fused-ring (bicyclic) bond motifs is 1. The quantitative estimate of drug-likeness (QED) is 0.573. The molecule has 0 unspecified atom stereocenters. The van der Waals surface area contributed by atoms with Crippen LogP contribution in [0.4, 0.5) is 4.39 Å². The number of carboxylic acid groups (broad SMARTS) is 1. The Balaban J connectivity index is 1.77. The van der Waals surface area contributed by atoms with Gasteiger partial charge in [0.15, 0.2) is 0 Å². The number of aryl methyl sites for hydroxylation is 1. The van der Waals surface area contributed by atoms with E-state index in [0.29, 0.717) is 30.0 Å². The first-order valence-corrected chi connectivity index (χ1v) is 10.6. The molecule has 6 nitrogen and oxygen atoms in total. The van der Waals surface area contributed by atoms with Crippen molar-refractivity contribution in [3.05, 3.63) is 45.2 Å². The summed E-state index contributed by atoms with van der Waals surface area (Å²) < 4.78 is 15.5. The SMILES string of the molecule is CCNC1([C@H](C)CC(=N)c2ccc3c(=O)c(C(=O)O)cn([C@H]4C[C@H]4F)c3c2C)CC1. The number of carbonyl (C=O) groups is 1. The highest BCUT2D eigenvalue weighted by Crippen LogP contribution is 2.44. The molecule has 1 heterocycles. The average Bonchev–Trinajstić information content (AvgIpc) is 3.60. The van der Waals surface area contributed by atoms with Gasteiger partial charge in [0, 0.05) is 34.8 Å². The number of benzene rings is 1. The molecule has 1 aromatic heterocycles. The second-order valence-electron chi connectivity index (χ2n) is 8.81. The largest absolute Gasteiger partial charge is 0.477 e.